The molecule has 1 aromatic heterocycles. The first-order valence-corrected chi connectivity index (χ1v) is 8.41. The van der Waals surface area contributed by atoms with Crippen LogP contribution in [0.3, 0.4) is 0 Å². The lowest BCUT2D eigenvalue weighted by Gasteiger charge is -2.30. The fourth-order valence-corrected chi connectivity index (χ4v) is 3.32. The van der Waals surface area contributed by atoms with E-state index in [4.69, 9.17) is 14.9 Å². The van der Waals surface area contributed by atoms with E-state index in [0.29, 0.717) is 29.0 Å². The van der Waals surface area contributed by atoms with Crippen LogP contribution in [-0.2, 0) is 0 Å². The molecule has 128 valence electrons. The van der Waals surface area contributed by atoms with Crippen LogP contribution in [0.25, 0.3) is 11.3 Å². The molecule has 1 saturated carbocycles. The minimum absolute atomic E-state index is 0.0731. The van der Waals surface area contributed by atoms with E-state index in [-0.39, 0.29) is 5.91 Å². The number of amides is 1. The number of carbonyl (C=O) groups is 1. The van der Waals surface area contributed by atoms with Crippen LogP contribution >= 0.6 is 0 Å². The normalized spacial score (nSPS) is 15.2. The summed E-state index contributed by atoms with van der Waals surface area (Å²) in [5, 5.41) is 0. The van der Waals surface area contributed by atoms with Gasteiger partial charge in [-0.25, -0.2) is 0 Å². The summed E-state index contributed by atoms with van der Waals surface area (Å²) in [5.41, 5.74) is 7.23. The number of rotatable bonds is 4. The Balaban J connectivity index is 1.82. The average molecular weight is 328 g/mol. The molecule has 0 unspecified atom stereocenters. The molecule has 0 saturated heterocycles. The number of hydrogen-bond acceptors (Lipinski definition) is 4. The third-order valence-electron chi connectivity index (χ3n) is 4.75. The molecule has 0 spiro atoms. The van der Waals surface area contributed by atoms with Crippen molar-refractivity contribution in [2.24, 2.45) is 0 Å². The Labute approximate surface area is 142 Å². The first-order chi connectivity index (χ1) is 11.6. The molecule has 2 N–H and O–H groups in total. The maximum absolute atomic E-state index is 12.7. The van der Waals surface area contributed by atoms with E-state index in [1.54, 1.807) is 37.4 Å². The van der Waals surface area contributed by atoms with E-state index >= 15 is 0 Å². The summed E-state index contributed by atoms with van der Waals surface area (Å²) in [5.74, 6) is 1.52. The Morgan fingerprint density at radius 3 is 2.67 bits per heavy atom. The number of furan rings is 1. The highest BCUT2D eigenvalue weighted by atomic mass is 16.5. The van der Waals surface area contributed by atoms with Crippen LogP contribution < -0.4 is 10.5 Å². The molecule has 2 aromatic rings. The fourth-order valence-electron chi connectivity index (χ4n) is 3.32. The van der Waals surface area contributed by atoms with E-state index in [9.17, 15) is 4.79 Å². The zero-order chi connectivity index (χ0) is 17.1. The topological polar surface area (TPSA) is 68.7 Å². The summed E-state index contributed by atoms with van der Waals surface area (Å²) in [6, 6.07) is 9.17. The molecule has 5 nitrogen and oxygen atoms in total. The van der Waals surface area contributed by atoms with Crippen molar-refractivity contribution >= 4 is 11.6 Å². The van der Waals surface area contributed by atoms with E-state index in [1.807, 2.05) is 11.9 Å². The Hall–Kier alpha value is -2.43. The molecule has 1 fully saturated rings. The van der Waals surface area contributed by atoms with Gasteiger partial charge in [0.15, 0.2) is 5.76 Å². The van der Waals surface area contributed by atoms with Crippen LogP contribution in [-0.4, -0.2) is 31.0 Å². The number of carbonyl (C=O) groups excluding carboxylic acids is 1. The number of nitrogen functional groups attached to an aromatic ring is 1. The van der Waals surface area contributed by atoms with Crippen molar-refractivity contribution in [3.63, 3.8) is 0 Å². The zero-order valence-electron chi connectivity index (χ0n) is 14.2. The van der Waals surface area contributed by atoms with Crippen LogP contribution in [0, 0.1) is 0 Å². The van der Waals surface area contributed by atoms with Crippen LogP contribution in [0.15, 0.2) is 34.7 Å². The van der Waals surface area contributed by atoms with Gasteiger partial charge < -0.3 is 19.8 Å². The molecule has 1 aliphatic rings. The number of nitrogens with zero attached hydrogens (tertiary/aromatic N) is 1. The molecule has 1 aliphatic carbocycles. The van der Waals surface area contributed by atoms with Crippen molar-refractivity contribution in [1.29, 1.82) is 0 Å². The Kier molecular flexibility index (Phi) is 4.79. The third kappa shape index (κ3) is 3.25. The Morgan fingerprint density at radius 1 is 1.21 bits per heavy atom. The van der Waals surface area contributed by atoms with Gasteiger partial charge in [-0.2, -0.15) is 0 Å². The lowest BCUT2D eigenvalue weighted by atomic mass is 9.94. The summed E-state index contributed by atoms with van der Waals surface area (Å²) in [7, 11) is 3.46. The number of methoxy groups -OCH3 is 1. The molecular weight excluding hydrogens is 304 g/mol. The Bertz CT molecular complexity index is 717. The molecule has 0 bridgehead atoms. The largest absolute Gasteiger partial charge is 0.496 e. The van der Waals surface area contributed by atoms with Gasteiger partial charge in [-0.1, -0.05) is 19.3 Å². The minimum Gasteiger partial charge on any atom is -0.496 e. The predicted octanol–water partition coefficient (Wildman–Crippen LogP) is 3.94. The van der Waals surface area contributed by atoms with Crippen molar-refractivity contribution in [3.8, 4) is 17.1 Å². The summed E-state index contributed by atoms with van der Waals surface area (Å²) in [6.45, 7) is 0. The SMILES string of the molecule is COc1ccc(N)cc1-c1ccc(C(=O)N(C)C2CCCCC2)o1. The van der Waals surface area contributed by atoms with Crippen LogP contribution in [0.4, 0.5) is 5.69 Å². The summed E-state index contributed by atoms with van der Waals surface area (Å²) in [4.78, 5) is 14.5. The third-order valence-corrected chi connectivity index (χ3v) is 4.75. The quantitative estimate of drug-likeness (QED) is 0.863. The summed E-state index contributed by atoms with van der Waals surface area (Å²) < 4.78 is 11.2. The predicted molar refractivity (Wildman–Crippen MR) is 94.1 cm³/mol. The van der Waals surface area contributed by atoms with E-state index in [0.717, 1.165) is 18.4 Å². The molecule has 24 heavy (non-hydrogen) atoms. The van der Waals surface area contributed by atoms with Crippen LogP contribution in [0.5, 0.6) is 5.75 Å². The number of ether oxygens (including phenoxy) is 1. The van der Waals surface area contributed by atoms with Gasteiger partial charge in [0.05, 0.1) is 12.7 Å². The second-order valence-corrected chi connectivity index (χ2v) is 6.33. The maximum Gasteiger partial charge on any atom is 0.289 e. The molecule has 1 amide bonds. The summed E-state index contributed by atoms with van der Waals surface area (Å²) >= 11 is 0. The van der Waals surface area contributed by atoms with Gasteiger partial charge in [-0.3, -0.25) is 4.79 Å². The van der Waals surface area contributed by atoms with Crippen molar-refractivity contribution in [3.05, 3.63) is 36.1 Å². The average Bonchev–Trinajstić information content (AvgIpc) is 3.11. The molecular formula is C19H24N2O3. The minimum atomic E-state index is -0.0731. The number of benzene rings is 1. The van der Waals surface area contributed by atoms with Gasteiger partial charge in [0.2, 0.25) is 0 Å². The van der Waals surface area contributed by atoms with E-state index in [1.165, 1.54) is 19.3 Å². The number of hydrogen-bond donors (Lipinski definition) is 1. The van der Waals surface area contributed by atoms with E-state index < -0.39 is 0 Å². The van der Waals surface area contributed by atoms with Gasteiger partial charge in [0.25, 0.3) is 5.91 Å². The van der Waals surface area contributed by atoms with Crippen molar-refractivity contribution < 1.29 is 13.9 Å². The zero-order valence-corrected chi connectivity index (χ0v) is 14.2. The Morgan fingerprint density at radius 2 is 1.96 bits per heavy atom. The number of anilines is 1. The molecule has 0 atom stereocenters. The first-order valence-electron chi connectivity index (χ1n) is 8.41. The fraction of sp³-hybridized carbons (Fsp3) is 0.421. The maximum atomic E-state index is 12.7. The number of nitrogens with two attached hydrogens (primary N) is 1. The lowest BCUT2D eigenvalue weighted by molar-refractivity contribution is 0.0665. The molecule has 0 aliphatic heterocycles. The van der Waals surface area contributed by atoms with Crippen molar-refractivity contribution in [1.82, 2.24) is 4.90 Å². The lowest BCUT2D eigenvalue weighted by Crippen LogP contribution is -2.38. The first kappa shape index (κ1) is 16.4. The molecule has 5 heteroatoms. The molecule has 1 aromatic carbocycles. The second-order valence-electron chi connectivity index (χ2n) is 6.33. The standard InChI is InChI=1S/C19H24N2O3/c1-21(14-6-4-3-5-7-14)19(22)18-11-10-17(24-18)15-12-13(20)8-9-16(15)23-2/h8-12,14H,3-7,20H2,1-2H3. The van der Waals surface area contributed by atoms with Gasteiger partial charge in [0.1, 0.15) is 11.5 Å². The second kappa shape index (κ2) is 6.99. The van der Waals surface area contributed by atoms with E-state index in [2.05, 4.69) is 0 Å². The monoisotopic (exact) mass is 328 g/mol. The van der Waals surface area contributed by atoms with Crippen LogP contribution in [0.2, 0.25) is 0 Å². The van der Waals surface area contributed by atoms with Crippen molar-refractivity contribution in [2.45, 2.75) is 38.1 Å². The van der Waals surface area contributed by atoms with Gasteiger partial charge in [-0.15, -0.1) is 0 Å². The summed E-state index contributed by atoms with van der Waals surface area (Å²) in [6.07, 6.45) is 5.77. The molecule has 0 radical (unpaired) electrons. The molecule has 1 heterocycles. The van der Waals surface area contributed by atoms with Gasteiger partial charge in [0, 0.05) is 18.8 Å². The highest BCUT2D eigenvalue weighted by molar-refractivity contribution is 5.92. The van der Waals surface area contributed by atoms with Gasteiger partial charge >= 0.3 is 0 Å². The molecule has 3 rings (SSSR count). The highest BCUT2D eigenvalue weighted by Gasteiger charge is 2.25. The van der Waals surface area contributed by atoms with Crippen molar-refractivity contribution in [2.75, 3.05) is 19.9 Å². The van der Waals surface area contributed by atoms with Crippen LogP contribution in [0.1, 0.15) is 42.7 Å². The van der Waals surface area contributed by atoms with Gasteiger partial charge in [-0.05, 0) is 43.2 Å². The highest BCUT2D eigenvalue weighted by Crippen LogP contribution is 2.33. The smallest absolute Gasteiger partial charge is 0.289 e.